The van der Waals surface area contributed by atoms with E-state index in [9.17, 15) is 13.6 Å². The van der Waals surface area contributed by atoms with E-state index in [2.05, 4.69) is 10.6 Å². The van der Waals surface area contributed by atoms with Gasteiger partial charge in [0.2, 0.25) is 5.92 Å². The highest BCUT2D eigenvalue weighted by Gasteiger charge is 2.38. The van der Waals surface area contributed by atoms with Gasteiger partial charge in [-0.25, -0.2) is 13.6 Å². The molecule has 1 aliphatic carbocycles. The molecule has 0 atom stereocenters. The number of hydrogen-bond donors (Lipinski definition) is 0. The number of carbonyl (C=O) groups is 1. The summed E-state index contributed by atoms with van der Waals surface area (Å²) in [6.45, 7) is 1.73. The first-order chi connectivity index (χ1) is 19.9. The topological polar surface area (TPSA) is 49.7 Å². The maximum atomic E-state index is 14.3. The van der Waals surface area contributed by atoms with Crippen molar-refractivity contribution >= 4 is 16.9 Å². The summed E-state index contributed by atoms with van der Waals surface area (Å²) in [6, 6.07) is 23.6. The molecule has 1 aliphatic heterocycles. The first-order valence-electron chi connectivity index (χ1n) is 14.4. The lowest BCUT2D eigenvalue weighted by atomic mass is 9.88. The van der Waals surface area contributed by atoms with Crippen LogP contribution in [0.5, 0.6) is 5.75 Å². The lowest BCUT2D eigenvalue weighted by Gasteiger charge is -2.33. The molecule has 0 unspecified atom stereocenters. The van der Waals surface area contributed by atoms with Gasteiger partial charge in [-0.2, -0.15) is 0 Å². The van der Waals surface area contributed by atoms with Gasteiger partial charge in [0.25, 0.3) is 0 Å². The summed E-state index contributed by atoms with van der Waals surface area (Å²) in [6.07, 6.45) is 2.32. The molecular formula is C34H35F2NO4. The van der Waals surface area contributed by atoms with Gasteiger partial charge < -0.3 is 18.8 Å². The summed E-state index contributed by atoms with van der Waals surface area (Å²) < 4.78 is 48.1. The van der Waals surface area contributed by atoms with Crippen LogP contribution in [-0.2, 0) is 16.1 Å². The van der Waals surface area contributed by atoms with E-state index in [1.165, 1.54) is 7.11 Å². The molecular weight excluding hydrogens is 524 g/mol. The second-order valence-corrected chi connectivity index (χ2v) is 11.1. The number of rotatable bonds is 7. The highest BCUT2D eigenvalue weighted by molar-refractivity contribution is 6.03. The predicted octanol–water partition coefficient (Wildman–Crippen LogP) is 8.32. The van der Waals surface area contributed by atoms with E-state index in [-0.39, 0.29) is 24.8 Å². The Morgan fingerprint density at radius 3 is 2.32 bits per heavy atom. The molecule has 1 aromatic heterocycles. The van der Waals surface area contributed by atoms with Crippen LogP contribution in [0.15, 0.2) is 72.8 Å². The fraction of sp³-hybridized carbons (Fsp3) is 0.382. The highest BCUT2D eigenvalue weighted by atomic mass is 19.3. The van der Waals surface area contributed by atoms with Crippen LogP contribution in [0.25, 0.3) is 22.0 Å². The molecule has 2 aliphatic rings. The summed E-state index contributed by atoms with van der Waals surface area (Å²) in [4.78, 5) is 12.2. The monoisotopic (exact) mass is 559 g/mol. The molecule has 0 spiro atoms. The Morgan fingerprint density at radius 1 is 0.927 bits per heavy atom. The smallest absolute Gasteiger partial charge is 0.337 e. The second-order valence-electron chi connectivity index (χ2n) is 11.1. The minimum Gasteiger partial charge on any atom is -0.488 e. The number of aromatic nitrogens is 1. The summed E-state index contributed by atoms with van der Waals surface area (Å²) in [5.74, 6) is -2.05. The van der Waals surface area contributed by atoms with Gasteiger partial charge in [-0.05, 0) is 61.1 Å². The van der Waals surface area contributed by atoms with Crippen molar-refractivity contribution in [1.29, 1.82) is 0 Å². The number of methoxy groups -OCH3 is 1. The fourth-order valence-electron chi connectivity index (χ4n) is 6.44. The average molecular weight is 560 g/mol. The van der Waals surface area contributed by atoms with Crippen molar-refractivity contribution < 1.29 is 27.8 Å². The molecule has 4 aromatic rings. The van der Waals surface area contributed by atoms with Gasteiger partial charge in [0.05, 0.1) is 18.2 Å². The van der Waals surface area contributed by atoms with E-state index < -0.39 is 11.9 Å². The Hall–Kier alpha value is -3.71. The lowest BCUT2D eigenvalue weighted by Crippen LogP contribution is -2.28. The molecule has 6 rings (SSSR count). The summed E-state index contributed by atoms with van der Waals surface area (Å²) >= 11 is 0. The third kappa shape index (κ3) is 5.60. The molecule has 3 aromatic carbocycles. The first kappa shape index (κ1) is 27.5. The van der Waals surface area contributed by atoms with Crippen LogP contribution in [0.3, 0.4) is 0 Å². The van der Waals surface area contributed by atoms with Crippen LogP contribution in [-0.4, -0.2) is 36.8 Å². The van der Waals surface area contributed by atoms with Gasteiger partial charge in [-0.15, -0.1) is 0 Å². The van der Waals surface area contributed by atoms with E-state index in [1.54, 1.807) is 12.1 Å². The molecule has 5 nitrogen and oxygen atoms in total. The van der Waals surface area contributed by atoms with E-state index in [0.29, 0.717) is 38.2 Å². The van der Waals surface area contributed by atoms with Crippen molar-refractivity contribution in [2.45, 2.75) is 63.0 Å². The van der Waals surface area contributed by atoms with Gasteiger partial charge in [0.1, 0.15) is 12.4 Å². The number of ether oxygens (including phenoxy) is 3. The van der Waals surface area contributed by atoms with Crippen LogP contribution < -0.4 is 4.74 Å². The van der Waals surface area contributed by atoms with Crippen molar-refractivity contribution in [3.05, 3.63) is 89.6 Å². The molecule has 0 bridgehead atoms. The van der Waals surface area contributed by atoms with Gasteiger partial charge >= 0.3 is 5.97 Å². The summed E-state index contributed by atoms with van der Waals surface area (Å²) in [5.41, 5.74) is 5.69. The molecule has 2 fully saturated rings. The number of halogens is 2. The van der Waals surface area contributed by atoms with Crippen molar-refractivity contribution in [3.63, 3.8) is 0 Å². The van der Waals surface area contributed by atoms with Crippen LogP contribution in [0, 0.1) is 0 Å². The van der Waals surface area contributed by atoms with Crippen LogP contribution in [0.1, 0.15) is 72.1 Å². The lowest BCUT2D eigenvalue weighted by molar-refractivity contribution is -0.0439. The molecule has 2 heterocycles. The van der Waals surface area contributed by atoms with Crippen molar-refractivity contribution in [2.24, 2.45) is 0 Å². The zero-order valence-electron chi connectivity index (χ0n) is 23.3. The third-order valence-corrected chi connectivity index (χ3v) is 8.52. The fourth-order valence-corrected chi connectivity index (χ4v) is 6.44. The summed E-state index contributed by atoms with van der Waals surface area (Å²) in [5, 5.41) is 0.980. The zero-order chi connectivity index (χ0) is 28.4. The molecule has 1 saturated heterocycles. The number of hydrogen-bond acceptors (Lipinski definition) is 4. The first-order valence-corrected chi connectivity index (χ1v) is 14.4. The number of carbonyl (C=O) groups excluding carboxylic acids is 1. The Kier molecular flexibility index (Phi) is 7.80. The van der Waals surface area contributed by atoms with Gasteiger partial charge in [-0.1, -0.05) is 48.5 Å². The van der Waals surface area contributed by atoms with E-state index in [1.807, 2.05) is 54.6 Å². The van der Waals surface area contributed by atoms with Crippen molar-refractivity contribution in [3.8, 4) is 16.9 Å². The van der Waals surface area contributed by atoms with Crippen LogP contribution in [0.2, 0.25) is 0 Å². The minimum absolute atomic E-state index is 0.0394. The Labute approximate surface area is 239 Å². The molecule has 7 heteroatoms. The maximum Gasteiger partial charge on any atom is 0.337 e. The minimum atomic E-state index is -2.62. The number of alkyl halides is 2. The largest absolute Gasteiger partial charge is 0.488 e. The molecule has 1 saturated carbocycles. The van der Waals surface area contributed by atoms with Crippen molar-refractivity contribution in [2.75, 3.05) is 20.3 Å². The van der Waals surface area contributed by atoms with Gasteiger partial charge in [0.15, 0.2) is 0 Å². The highest BCUT2D eigenvalue weighted by Crippen LogP contribution is 2.49. The van der Waals surface area contributed by atoms with E-state index in [4.69, 9.17) is 14.2 Å². The quantitative estimate of drug-likeness (QED) is 0.214. The van der Waals surface area contributed by atoms with Crippen LogP contribution >= 0.6 is 0 Å². The maximum absolute atomic E-state index is 14.3. The number of benzene rings is 3. The normalized spacial score (nSPS) is 17.9. The van der Waals surface area contributed by atoms with E-state index >= 15 is 0 Å². The Bertz CT molecular complexity index is 1500. The van der Waals surface area contributed by atoms with E-state index in [0.717, 1.165) is 51.9 Å². The molecule has 0 radical (unpaired) electrons. The predicted molar refractivity (Wildman–Crippen MR) is 155 cm³/mol. The Balaban J connectivity index is 1.55. The zero-order valence-corrected chi connectivity index (χ0v) is 23.3. The summed E-state index contributed by atoms with van der Waals surface area (Å²) in [7, 11) is 1.37. The molecule has 0 amide bonds. The SMILES string of the molecule is COC(=O)c1ccc(-c2c(C3CCOCC3)n(C3CCC(F)(F)CC3)c3cccc(OCc4ccccc4)c23)cc1. The number of esters is 1. The standard InChI is InChI=1S/C34H35F2NO4/c1-39-33(38)26-12-10-24(11-13-26)30-31-28(8-5-9-29(31)41-22-23-6-3-2-4-7-23)37(27-14-18-34(35,36)19-15-27)32(30)25-16-20-40-21-17-25/h2-13,25,27H,14-22H2,1H3. The molecule has 0 N–H and O–H groups in total. The van der Waals surface area contributed by atoms with Crippen LogP contribution in [0.4, 0.5) is 8.78 Å². The number of nitrogens with zero attached hydrogens (tertiary/aromatic N) is 1. The Morgan fingerprint density at radius 2 is 1.63 bits per heavy atom. The third-order valence-electron chi connectivity index (χ3n) is 8.52. The molecule has 214 valence electrons. The second kappa shape index (κ2) is 11.6. The van der Waals surface area contributed by atoms with Gasteiger partial charge in [-0.3, -0.25) is 0 Å². The van der Waals surface area contributed by atoms with Gasteiger partial charge in [0, 0.05) is 54.7 Å². The molecule has 41 heavy (non-hydrogen) atoms. The average Bonchev–Trinajstić information content (AvgIpc) is 3.36. The van der Waals surface area contributed by atoms with Crippen molar-refractivity contribution in [1.82, 2.24) is 4.57 Å². The number of fused-ring (bicyclic) bond motifs is 1.